The summed E-state index contributed by atoms with van der Waals surface area (Å²) in [6, 6.07) is 14.8. The predicted molar refractivity (Wildman–Crippen MR) is 107 cm³/mol. The lowest BCUT2D eigenvalue weighted by Crippen LogP contribution is -2.46. The van der Waals surface area contributed by atoms with E-state index in [0.717, 1.165) is 30.6 Å². The largest absolute Gasteiger partial charge is 0.487 e. The van der Waals surface area contributed by atoms with E-state index < -0.39 is 6.10 Å². The predicted octanol–water partition coefficient (Wildman–Crippen LogP) is 5.31. The average Bonchev–Trinajstić information content (AvgIpc) is 2.69. The normalized spacial score (nSPS) is 18.7. The van der Waals surface area contributed by atoms with Gasteiger partial charge < -0.3 is 14.8 Å². The SMILES string of the molecule is CCC1(CC)C[C@@H](NC(=O)[C@H](C)Oc2ccc(Cl)cc2)c2ccccc2O1. The van der Waals surface area contributed by atoms with Gasteiger partial charge in [-0.05, 0) is 50.1 Å². The van der Waals surface area contributed by atoms with Crippen LogP contribution in [0.4, 0.5) is 0 Å². The number of fused-ring (bicyclic) bond motifs is 1. The lowest BCUT2D eigenvalue weighted by atomic mass is 9.83. The van der Waals surface area contributed by atoms with Crippen LogP contribution in [0.25, 0.3) is 0 Å². The Morgan fingerprint density at radius 2 is 1.89 bits per heavy atom. The lowest BCUT2D eigenvalue weighted by Gasteiger charge is -2.41. The summed E-state index contributed by atoms with van der Waals surface area (Å²) in [5.74, 6) is 1.32. The fourth-order valence-corrected chi connectivity index (χ4v) is 3.62. The molecule has 1 amide bonds. The molecule has 2 aromatic carbocycles. The first-order valence-electron chi connectivity index (χ1n) is 9.47. The summed E-state index contributed by atoms with van der Waals surface area (Å²) in [4.78, 5) is 12.8. The minimum atomic E-state index is -0.612. The molecule has 2 aromatic rings. The maximum atomic E-state index is 12.8. The van der Waals surface area contributed by atoms with Crippen LogP contribution < -0.4 is 14.8 Å². The number of hydrogen-bond donors (Lipinski definition) is 1. The summed E-state index contributed by atoms with van der Waals surface area (Å²) in [6.45, 7) is 6.01. The van der Waals surface area contributed by atoms with Crippen molar-refractivity contribution < 1.29 is 14.3 Å². The van der Waals surface area contributed by atoms with Gasteiger partial charge in [-0.2, -0.15) is 0 Å². The number of nitrogens with one attached hydrogen (secondary N) is 1. The summed E-state index contributed by atoms with van der Waals surface area (Å²) in [6.07, 6.45) is 1.91. The molecule has 0 saturated heterocycles. The molecule has 0 fully saturated rings. The third-order valence-electron chi connectivity index (χ3n) is 5.30. The highest BCUT2D eigenvalue weighted by Gasteiger charge is 2.39. The number of amides is 1. The van der Waals surface area contributed by atoms with E-state index in [-0.39, 0.29) is 17.6 Å². The van der Waals surface area contributed by atoms with Gasteiger partial charge in [0, 0.05) is 17.0 Å². The van der Waals surface area contributed by atoms with E-state index in [9.17, 15) is 4.79 Å². The number of halogens is 1. The highest BCUT2D eigenvalue weighted by Crippen LogP contribution is 2.42. The molecule has 27 heavy (non-hydrogen) atoms. The van der Waals surface area contributed by atoms with E-state index in [1.807, 2.05) is 24.3 Å². The summed E-state index contributed by atoms with van der Waals surface area (Å²) in [5.41, 5.74) is 0.758. The van der Waals surface area contributed by atoms with E-state index in [4.69, 9.17) is 21.1 Å². The first kappa shape index (κ1) is 19.6. The molecule has 0 spiro atoms. The van der Waals surface area contributed by atoms with Gasteiger partial charge >= 0.3 is 0 Å². The molecule has 3 rings (SSSR count). The van der Waals surface area contributed by atoms with Crippen molar-refractivity contribution in [1.29, 1.82) is 0 Å². The smallest absolute Gasteiger partial charge is 0.261 e. The molecule has 0 bridgehead atoms. The Kier molecular flexibility index (Phi) is 5.95. The van der Waals surface area contributed by atoms with Crippen LogP contribution >= 0.6 is 11.6 Å². The van der Waals surface area contributed by atoms with Gasteiger partial charge in [-0.25, -0.2) is 0 Å². The van der Waals surface area contributed by atoms with Crippen molar-refractivity contribution in [2.75, 3.05) is 0 Å². The van der Waals surface area contributed by atoms with E-state index in [1.54, 1.807) is 31.2 Å². The molecule has 0 aromatic heterocycles. The maximum Gasteiger partial charge on any atom is 0.261 e. The number of ether oxygens (including phenoxy) is 2. The van der Waals surface area contributed by atoms with E-state index in [0.29, 0.717) is 10.8 Å². The summed E-state index contributed by atoms with van der Waals surface area (Å²) >= 11 is 5.89. The van der Waals surface area contributed by atoms with Gasteiger partial charge in [0.15, 0.2) is 6.10 Å². The Morgan fingerprint density at radius 1 is 1.22 bits per heavy atom. The molecule has 0 saturated carbocycles. The first-order valence-corrected chi connectivity index (χ1v) is 9.84. The van der Waals surface area contributed by atoms with Gasteiger partial charge in [0.1, 0.15) is 17.1 Å². The molecule has 144 valence electrons. The molecule has 0 aliphatic carbocycles. The Bertz CT molecular complexity index is 786. The molecular formula is C22H26ClNO3. The number of para-hydroxylation sites is 1. The third-order valence-corrected chi connectivity index (χ3v) is 5.55. The van der Waals surface area contributed by atoms with Crippen molar-refractivity contribution in [3.05, 3.63) is 59.1 Å². The molecule has 1 heterocycles. The van der Waals surface area contributed by atoms with Crippen LogP contribution in [0.1, 0.15) is 51.6 Å². The molecule has 4 nitrogen and oxygen atoms in total. The zero-order valence-electron chi connectivity index (χ0n) is 16.0. The van der Waals surface area contributed by atoms with Gasteiger partial charge in [-0.3, -0.25) is 4.79 Å². The van der Waals surface area contributed by atoms with Gasteiger partial charge in [0.05, 0.1) is 6.04 Å². The fourth-order valence-electron chi connectivity index (χ4n) is 3.49. The molecular weight excluding hydrogens is 362 g/mol. The van der Waals surface area contributed by atoms with Crippen molar-refractivity contribution in [2.45, 2.75) is 57.8 Å². The minimum Gasteiger partial charge on any atom is -0.487 e. The Labute approximate surface area is 165 Å². The van der Waals surface area contributed by atoms with E-state index in [2.05, 4.69) is 19.2 Å². The van der Waals surface area contributed by atoms with Crippen molar-refractivity contribution in [2.24, 2.45) is 0 Å². The second-order valence-corrected chi connectivity index (χ2v) is 7.45. The molecule has 0 unspecified atom stereocenters. The summed E-state index contributed by atoms with van der Waals surface area (Å²) < 4.78 is 12.1. The molecule has 0 radical (unpaired) electrons. The van der Waals surface area contributed by atoms with Crippen molar-refractivity contribution >= 4 is 17.5 Å². The quantitative estimate of drug-likeness (QED) is 0.731. The first-order chi connectivity index (χ1) is 13.0. The van der Waals surface area contributed by atoms with Crippen LogP contribution in [-0.2, 0) is 4.79 Å². The number of rotatable bonds is 6. The van der Waals surface area contributed by atoms with Crippen LogP contribution in [0.2, 0.25) is 5.02 Å². The molecule has 1 aliphatic heterocycles. The Morgan fingerprint density at radius 3 is 2.56 bits per heavy atom. The van der Waals surface area contributed by atoms with Gasteiger partial charge in [0.25, 0.3) is 5.91 Å². The Balaban J connectivity index is 1.74. The van der Waals surface area contributed by atoms with Gasteiger partial charge in [-0.1, -0.05) is 43.6 Å². The Hall–Kier alpha value is -2.20. The van der Waals surface area contributed by atoms with Gasteiger partial charge in [-0.15, -0.1) is 0 Å². The second kappa shape index (κ2) is 8.22. The number of carbonyl (C=O) groups excluding carboxylic acids is 1. The molecule has 2 atom stereocenters. The van der Waals surface area contributed by atoms with Crippen molar-refractivity contribution in [3.63, 3.8) is 0 Å². The number of hydrogen-bond acceptors (Lipinski definition) is 3. The molecule has 1 aliphatic rings. The summed E-state index contributed by atoms with van der Waals surface area (Å²) in [7, 11) is 0. The average molecular weight is 388 g/mol. The van der Waals surface area contributed by atoms with E-state index in [1.165, 1.54) is 0 Å². The maximum absolute atomic E-state index is 12.8. The number of benzene rings is 2. The van der Waals surface area contributed by atoms with Crippen LogP contribution in [0.3, 0.4) is 0 Å². The second-order valence-electron chi connectivity index (χ2n) is 7.01. The van der Waals surface area contributed by atoms with Crippen molar-refractivity contribution in [1.82, 2.24) is 5.32 Å². The number of carbonyl (C=O) groups is 1. The van der Waals surface area contributed by atoms with Gasteiger partial charge in [0.2, 0.25) is 0 Å². The van der Waals surface area contributed by atoms with Crippen LogP contribution in [0.15, 0.2) is 48.5 Å². The topological polar surface area (TPSA) is 47.6 Å². The third kappa shape index (κ3) is 4.38. The highest BCUT2D eigenvalue weighted by atomic mass is 35.5. The standard InChI is InChI=1S/C22H26ClNO3/c1-4-22(5-2)14-19(18-8-6-7-9-20(18)27-22)24-21(25)15(3)26-17-12-10-16(23)11-13-17/h6-13,15,19H,4-5,14H2,1-3H3,(H,24,25)/t15-,19+/m0/s1. The highest BCUT2D eigenvalue weighted by molar-refractivity contribution is 6.30. The fraction of sp³-hybridized carbons (Fsp3) is 0.409. The molecule has 5 heteroatoms. The van der Waals surface area contributed by atoms with Crippen LogP contribution in [-0.4, -0.2) is 17.6 Å². The van der Waals surface area contributed by atoms with E-state index >= 15 is 0 Å². The lowest BCUT2D eigenvalue weighted by molar-refractivity contribution is -0.128. The van der Waals surface area contributed by atoms with Crippen molar-refractivity contribution in [3.8, 4) is 11.5 Å². The monoisotopic (exact) mass is 387 g/mol. The van der Waals surface area contributed by atoms with Crippen LogP contribution in [0.5, 0.6) is 11.5 Å². The zero-order chi connectivity index (χ0) is 19.4. The van der Waals surface area contributed by atoms with Crippen LogP contribution in [0, 0.1) is 0 Å². The minimum absolute atomic E-state index is 0.0985. The molecule has 1 N–H and O–H groups in total. The summed E-state index contributed by atoms with van der Waals surface area (Å²) in [5, 5.41) is 3.79. The zero-order valence-corrected chi connectivity index (χ0v) is 16.8.